The molecule has 0 radical (unpaired) electrons. The van der Waals surface area contributed by atoms with Gasteiger partial charge in [-0.3, -0.25) is 4.79 Å². The molecule has 2 aromatic carbocycles. The minimum Gasteiger partial charge on any atom is -0.494 e. The SMILES string of the molecule is C=CC(=O)OC(COC=O)COCCCCOc1ccc(/C=C/c2ccc(C3CCC(CCC)CC3)cc2)cc1. The van der Waals surface area contributed by atoms with Crippen molar-refractivity contribution in [3.05, 3.63) is 77.9 Å². The second-order valence-corrected chi connectivity index (χ2v) is 10.4. The fourth-order valence-electron chi connectivity index (χ4n) is 5.13. The highest BCUT2D eigenvalue weighted by Crippen LogP contribution is 2.37. The lowest BCUT2D eigenvalue weighted by Gasteiger charge is -2.28. The maximum Gasteiger partial charge on any atom is 0.330 e. The molecule has 216 valence electrons. The summed E-state index contributed by atoms with van der Waals surface area (Å²) < 4.78 is 21.1. The molecule has 0 aromatic heterocycles. The van der Waals surface area contributed by atoms with Crippen molar-refractivity contribution >= 4 is 24.6 Å². The van der Waals surface area contributed by atoms with Crippen LogP contribution in [0.5, 0.6) is 5.75 Å². The molecule has 0 N–H and O–H groups in total. The molecule has 1 saturated carbocycles. The quantitative estimate of drug-likeness (QED) is 0.0636. The van der Waals surface area contributed by atoms with Gasteiger partial charge in [-0.15, -0.1) is 0 Å². The second kappa shape index (κ2) is 18.1. The van der Waals surface area contributed by atoms with Crippen molar-refractivity contribution in [1.29, 1.82) is 0 Å². The van der Waals surface area contributed by atoms with Crippen molar-refractivity contribution in [2.45, 2.75) is 70.3 Å². The summed E-state index contributed by atoms with van der Waals surface area (Å²) >= 11 is 0. The maximum absolute atomic E-state index is 11.3. The number of ether oxygens (including phenoxy) is 4. The number of unbranched alkanes of at least 4 members (excludes halogenated alkanes) is 1. The topological polar surface area (TPSA) is 71.1 Å². The predicted molar refractivity (Wildman–Crippen MR) is 159 cm³/mol. The van der Waals surface area contributed by atoms with Crippen molar-refractivity contribution in [1.82, 2.24) is 0 Å². The Morgan fingerprint density at radius 1 is 0.925 bits per heavy atom. The van der Waals surface area contributed by atoms with Gasteiger partial charge in [0.25, 0.3) is 6.47 Å². The Labute approximate surface area is 239 Å². The zero-order valence-electron chi connectivity index (χ0n) is 23.8. The fraction of sp³-hybridized carbons (Fsp3) is 0.471. The average Bonchev–Trinajstić information content (AvgIpc) is 2.99. The first-order valence-corrected chi connectivity index (χ1v) is 14.6. The highest BCUT2D eigenvalue weighted by Gasteiger charge is 2.21. The summed E-state index contributed by atoms with van der Waals surface area (Å²) in [4.78, 5) is 21.7. The molecule has 2 aromatic rings. The molecule has 0 saturated heterocycles. The lowest BCUT2D eigenvalue weighted by atomic mass is 9.77. The van der Waals surface area contributed by atoms with Gasteiger partial charge in [0.15, 0.2) is 6.10 Å². The van der Waals surface area contributed by atoms with Gasteiger partial charge in [-0.1, -0.05) is 74.9 Å². The second-order valence-electron chi connectivity index (χ2n) is 10.4. The fourth-order valence-corrected chi connectivity index (χ4v) is 5.13. The van der Waals surface area contributed by atoms with Crippen LogP contribution in [-0.4, -0.2) is 45.0 Å². The van der Waals surface area contributed by atoms with Gasteiger partial charge < -0.3 is 18.9 Å². The molecule has 1 atom stereocenters. The van der Waals surface area contributed by atoms with E-state index in [0.29, 0.717) is 19.7 Å². The van der Waals surface area contributed by atoms with Gasteiger partial charge >= 0.3 is 5.97 Å². The summed E-state index contributed by atoms with van der Waals surface area (Å²) in [6.45, 7) is 7.12. The monoisotopic (exact) mass is 548 g/mol. The lowest BCUT2D eigenvalue weighted by Crippen LogP contribution is -2.28. The van der Waals surface area contributed by atoms with Crippen LogP contribution in [0.4, 0.5) is 0 Å². The minimum absolute atomic E-state index is 0.0519. The molecule has 1 aliphatic carbocycles. The van der Waals surface area contributed by atoms with Crippen LogP contribution in [0.25, 0.3) is 12.2 Å². The Bertz CT molecular complexity index is 1040. The van der Waals surface area contributed by atoms with Gasteiger partial charge in [0.2, 0.25) is 0 Å². The van der Waals surface area contributed by atoms with Crippen LogP contribution in [0.3, 0.4) is 0 Å². The van der Waals surface area contributed by atoms with Gasteiger partial charge in [0.1, 0.15) is 12.4 Å². The summed E-state index contributed by atoms with van der Waals surface area (Å²) in [6.07, 6.45) is 14.4. The molecule has 6 heteroatoms. The van der Waals surface area contributed by atoms with E-state index in [1.165, 1.54) is 49.7 Å². The molecule has 0 bridgehead atoms. The summed E-state index contributed by atoms with van der Waals surface area (Å²) in [6, 6.07) is 17.2. The van der Waals surface area contributed by atoms with Crippen molar-refractivity contribution < 1.29 is 28.5 Å². The molecule has 1 aliphatic rings. The summed E-state index contributed by atoms with van der Waals surface area (Å²) in [5.74, 6) is 1.92. The molecule has 40 heavy (non-hydrogen) atoms. The molecule has 6 nitrogen and oxygen atoms in total. The Hall–Kier alpha value is -3.38. The van der Waals surface area contributed by atoms with E-state index in [4.69, 9.17) is 14.2 Å². The highest BCUT2D eigenvalue weighted by atomic mass is 16.6. The Kier molecular flexibility index (Phi) is 14.1. The van der Waals surface area contributed by atoms with E-state index in [0.717, 1.165) is 42.1 Å². The van der Waals surface area contributed by atoms with Crippen LogP contribution in [0, 0.1) is 5.92 Å². The smallest absolute Gasteiger partial charge is 0.330 e. The van der Waals surface area contributed by atoms with Crippen molar-refractivity contribution in [3.8, 4) is 5.75 Å². The first-order chi connectivity index (χ1) is 19.6. The van der Waals surface area contributed by atoms with Crippen molar-refractivity contribution in [3.63, 3.8) is 0 Å². The predicted octanol–water partition coefficient (Wildman–Crippen LogP) is 7.38. The van der Waals surface area contributed by atoms with E-state index in [-0.39, 0.29) is 13.2 Å². The largest absolute Gasteiger partial charge is 0.494 e. The number of rotatable bonds is 18. The number of carbonyl (C=O) groups is 2. The standard InChI is InChI=1S/C34H44O6/c1-3-7-27-10-16-30(17-11-27)31-18-12-28(13-19-31)8-9-29-14-20-32(21-15-29)39-23-6-5-22-37-24-33(25-38-26-35)40-34(36)4-2/h4,8-9,12-15,18-21,26-27,30,33H,2-3,5-7,10-11,16-17,22-25H2,1H3/b9-8+. The van der Waals surface area contributed by atoms with Crippen LogP contribution >= 0.6 is 0 Å². The third-order valence-electron chi connectivity index (χ3n) is 7.36. The first-order valence-electron chi connectivity index (χ1n) is 14.6. The van der Waals surface area contributed by atoms with E-state index >= 15 is 0 Å². The maximum atomic E-state index is 11.3. The summed E-state index contributed by atoms with van der Waals surface area (Å²) in [7, 11) is 0. The van der Waals surface area contributed by atoms with E-state index in [2.05, 4.69) is 66.8 Å². The highest BCUT2D eigenvalue weighted by molar-refractivity contribution is 5.81. The molecular formula is C34H44O6. The summed E-state index contributed by atoms with van der Waals surface area (Å²) in [5, 5.41) is 0. The third kappa shape index (κ3) is 11.4. The minimum atomic E-state index is -0.654. The van der Waals surface area contributed by atoms with Gasteiger partial charge in [0, 0.05) is 12.7 Å². The van der Waals surface area contributed by atoms with E-state index in [1.54, 1.807) is 0 Å². The Morgan fingerprint density at radius 2 is 1.57 bits per heavy atom. The van der Waals surface area contributed by atoms with Gasteiger partial charge in [-0.25, -0.2) is 4.79 Å². The van der Waals surface area contributed by atoms with E-state index in [1.807, 2.05) is 12.1 Å². The zero-order valence-corrected chi connectivity index (χ0v) is 23.8. The normalized spacial score (nSPS) is 17.7. The van der Waals surface area contributed by atoms with Crippen LogP contribution < -0.4 is 4.74 Å². The van der Waals surface area contributed by atoms with E-state index < -0.39 is 12.1 Å². The number of esters is 1. The molecule has 0 heterocycles. The van der Waals surface area contributed by atoms with Gasteiger partial charge in [-0.05, 0) is 79.2 Å². The molecular weight excluding hydrogens is 504 g/mol. The number of hydrogen-bond donors (Lipinski definition) is 0. The molecule has 0 spiro atoms. The van der Waals surface area contributed by atoms with Crippen LogP contribution in [0.2, 0.25) is 0 Å². The lowest BCUT2D eigenvalue weighted by molar-refractivity contribution is -0.153. The third-order valence-corrected chi connectivity index (χ3v) is 7.36. The number of benzene rings is 2. The Morgan fingerprint density at radius 3 is 2.20 bits per heavy atom. The summed E-state index contributed by atoms with van der Waals surface area (Å²) in [5.41, 5.74) is 3.83. The van der Waals surface area contributed by atoms with Crippen molar-refractivity contribution in [2.24, 2.45) is 5.92 Å². The zero-order chi connectivity index (χ0) is 28.4. The van der Waals surface area contributed by atoms with Gasteiger partial charge in [0.05, 0.1) is 13.2 Å². The van der Waals surface area contributed by atoms with E-state index in [9.17, 15) is 9.59 Å². The Balaban J connectivity index is 1.32. The molecule has 0 amide bonds. The van der Waals surface area contributed by atoms with Crippen molar-refractivity contribution in [2.75, 3.05) is 26.4 Å². The number of carbonyl (C=O) groups excluding carboxylic acids is 2. The van der Waals surface area contributed by atoms with Crippen LogP contribution in [0.1, 0.15) is 80.9 Å². The average molecular weight is 549 g/mol. The number of hydrogen-bond acceptors (Lipinski definition) is 6. The van der Waals surface area contributed by atoms with Gasteiger partial charge in [-0.2, -0.15) is 0 Å². The molecule has 3 rings (SSSR count). The molecule has 1 unspecified atom stereocenters. The molecule has 1 fully saturated rings. The van der Waals surface area contributed by atoms with Crippen LogP contribution in [0.15, 0.2) is 61.2 Å². The molecule has 0 aliphatic heterocycles. The van der Waals surface area contributed by atoms with Crippen LogP contribution in [-0.2, 0) is 23.8 Å². The first kappa shape index (κ1) is 31.2.